The predicted molar refractivity (Wildman–Crippen MR) is 186 cm³/mol. The monoisotopic (exact) mass is 576 g/mol. The lowest BCUT2D eigenvalue weighted by molar-refractivity contribution is 0.736. The third-order valence-electron chi connectivity index (χ3n) is 9.63. The van der Waals surface area contributed by atoms with Crippen molar-refractivity contribution in [1.29, 1.82) is 0 Å². The van der Waals surface area contributed by atoms with E-state index in [2.05, 4.69) is 167 Å². The van der Waals surface area contributed by atoms with E-state index in [-0.39, 0.29) is 12.0 Å². The Labute approximate surface area is 260 Å². The Morgan fingerprint density at radius 3 is 2.33 bits per heavy atom. The van der Waals surface area contributed by atoms with Crippen molar-refractivity contribution in [3.8, 4) is 5.69 Å². The van der Waals surface area contributed by atoms with Crippen LogP contribution in [0.4, 0.5) is 11.5 Å². The van der Waals surface area contributed by atoms with Gasteiger partial charge in [0.15, 0.2) is 5.82 Å². The molecule has 8 aromatic rings. The number of rotatable bonds is 3. The first-order chi connectivity index (χ1) is 22.3. The zero-order valence-electron chi connectivity index (χ0n) is 24.5. The molecule has 0 amide bonds. The number of benzene rings is 5. The summed E-state index contributed by atoms with van der Waals surface area (Å²) in [5, 5.41) is 10.0. The molecule has 0 saturated carbocycles. The highest BCUT2D eigenvalue weighted by molar-refractivity contribution is 6.10. The largest absolute Gasteiger partial charge is 0.317 e. The van der Waals surface area contributed by atoms with E-state index < -0.39 is 0 Å². The first-order valence-corrected chi connectivity index (χ1v) is 15.6. The molecule has 0 radical (unpaired) electrons. The van der Waals surface area contributed by atoms with Gasteiger partial charge in [0.05, 0.1) is 22.6 Å². The van der Waals surface area contributed by atoms with Gasteiger partial charge in [-0.3, -0.25) is 0 Å². The van der Waals surface area contributed by atoms with E-state index in [1.165, 1.54) is 60.7 Å². The zero-order chi connectivity index (χ0) is 29.5. The van der Waals surface area contributed by atoms with Gasteiger partial charge in [0, 0.05) is 45.7 Å². The third-order valence-corrected chi connectivity index (χ3v) is 9.63. The van der Waals surface area contributed by atoms with Crippen LogP contribution >= 0.6 is 0 Å². The van der Waals surface area contributed by atoms with Gasteiger partial charge in [0.2, 0.25) is 0 Å². The van der Waals surface area contributed by atoms with Crippen molar-refractivity contribution >= 4 is 55.2 Å². The van der Waals surface area contributed by atoms with Gasteiger partial charge >= 0.3 is 0 Å². The Kier molecular flexibility index (Phi) is 5.08. The molecule has 2 aliphatic rings. The zero-order valence-corrected chi connectivity index (χ0v) is 24.5. The maximum atomic E-state index is 5.09. The predicted octanol–water partition coefficient (Wildman–Crippen LogP) is 9.84. The van der Waals surface area contributed by atoms with Gasteiger partial charge in [-0.2, -0.15) is 0 Å². The Hall–Kier alpha value is -5.87. The SMILES string of the molecule is C1=CC2C(C=C1c1ccc3c(c1)c1ccccc1n3-c1ccccc1)c1ccccc1N2c1cc2cc3ccccc3cn2n1. The van der Waals surface area contributed by atoms with Crippen LogP contribution in [0.3, 0.4) is 0 Å². The van der Waals surface area contributed by atoms with Crippen molar-refractivity contribution in [3.05, 3.63) is 169 Å². The van der Waals surface area contributed by atoms with Crippen LogP contribution in [0.15, 0.2) is 158 Å². The summed E-state index contributed by atoms with van der Waals surface area (Å²) in [5.41, 5.74) is 9.79. The smallest absolute Gasteiger partial charge is 0.156 e. The lowest BCUT2D eigenvalue weighted by Crippen LogP contribution is -2.29. The molecule has 0 saturated heterocycles. The summed E-state index contributed by atoms with van der Waals surface area (Å²) >= 11 is 0. The van der Waals surface area contributed by atoms with Gasteiger partial charge < -0.3 is 9.47 Å². The van der Waals surface area contributed by atoms with Gasteiger partial charge in [-0.25, -0.2) is 4.52 Å². The molecule has 4 heterocycles. The summed E-state index contributed by atoms with van der Waals surface area (Å²) in [6.07, 6.45) is 9.28. The van der Waals surface area contributed by atoms with Crippen molar-refractivity contribution in [3.63, 3.8) is 0 Å². The van der Waals surface area contributed by atoms with Crippen LogP contribution < -0.4 is 4.90 Å². The Bertz CT molecular complexity index is 2460. The fourth-order valence-electron chi connectivity index (χ4n) is 7.59. The van der Waals surface area contributed by atoms with Gasteiger partial charge in [-0.1, -0.05) is 103 Å². The molecule has 0 spiro atoms. The number of aromatic nitrogens is 3. The Morgan fingerprint density at radius 2 is 1.40 bits per heavy atom. The number of allylic oxidation sites excluding steroid dienone is 2. The average Bonchev–Trinajstić information content (AvgIpc) is 3.76. The molecule has 10 rings (SSSR count). The van der Waals surface area contributed by atoms with Gasteiger partial charge in [-0.15, -0.1) is 5.10 Å². The molecule has 45 heavy (non-hydrogen) atoms. The topological polar surface area (TPSA) is 25.5 Å². The maximum Gasteiger partial charge on any atom is 0.156 e. The molecule has 1 aliphatic heterocycles. The van der Waals surface area contributed by atoms with E-state index >= 15 is 0 Å². The number of anilines is 2. The lowest BCUT2D eigenvalue weighted by atomic mass is 9.86. The van der Waals surface area contributed by atoms with E-state index in [0.29, 0.717) is 0 Å². The maximum absolute atomic E-state index is 5.09. The van der Waals surface area contributed by atoms with Crippen molar-refractivity contribution in [2.45, 2.75) is 12.0 Å². The van der Waals surface area contributed by atoms with Crippen molar-refractivity contribution < 1.29 is 0 Å². The highest BCUT2D eigenvalue weighted by Crippen LogP contribution is 2.49. The van der Waals surface area contributed by atoms with Crippen LogP contribution in [-0.2, 0) is 0 Å². The number of pyridine rings is 1. The molecule has 4 heteroatoms. The summed E-state index contributed by atoms with van der Waals surface area (Å²) in [6.45, 7) is 0. The van der Waals surface area contributed by atoms with Crippen molar-refractivity contribution in [2.75, 3.05) is 4.90 Å². The van der Waals surface area contributed by atoms with E-state index in [9.17, 15) is 0 Å². The van der Waals surface area contributed by atoms with E-state index in [1.54, 1.807) is 0 Å². The second-order valence-corrected chi connectivity index (χ2v) is 12.1. The highest BCUT2D eigenvalue weighted by atomic mass is 15.3. The van der Waals surface area contributed by atoms with Crippen molar-refractivity contribution in [1.82, 2.24) is 14.2 Å². The number of hydrogen-bond acceptors (Lipinski definition) is 2. The number of nitrogens with zero attached hydrogens (tertiary/aromatic N) is 4. The molecule has 4 nitrogen and oxygen atoms in total. The van der Waals surface area contributed by atoms with Crippen LogP contribution in [0.2, 0.25) is 0 Å². The fourth-order valence-corrected chi connectivity index (χ4v) is 7.59. The normalized spacial score (nSPS) is 17.3. The van der Waals surface area contributed by atoms with E-state index in [1.807, 2.05) is 4.52 Å². The van der Waals surface area contributed by atoms with Crippen LogP contribution in [0.5, 0.6) is 0 Å². The first kappa shape index (κ1) is 24.6. The van der Waals surface area contributed by atoms with Gasteiger partial charge in [0.25, 0.3) is 0 Å². The fraction of sp³-hybridized carbons (Fsp3) is 0.0488. The number of para-hydroxylation sites is 3. The second-order valence-electron chi connectivity index (χ2n) is 12.1. The minimum Gasteiger partial charge on any atom is -0.317 e. The molecule has 2 atom stereocenters. The Balaban J connectivity index is 1.08. The molecule has 1 aliphatic carbocycles. The quantitative estimate of drug-likeness (QED) is 0.209. The molecule has 0 bridgehead atoms. The van der Waals surface area contributed by atoms with Gasteiger partial charge in [0.1, 0.15) is 0 Å². The lowest BCUT2D eigenvalue weighted by Gasteiger charge is -2.27. The average molecular weight is 577 g/mol. The molecular formula is C41H28N4. The van der Waals surface area contributed by atoms with E-state index in [4.69, 9.17) is 5.10 Å². The molecular weight excluding hydrogens is 548 g/mol. The minimum absolute atomic E-state index is 0.161. The molecule has 0 fully saturated rings. The van der Waals surface area contributed by atoms with Gasteiger partial charge in [-0.05, 0) is 64.6 Å². The Morgan fingerprint density at radius 1 is 0.622 bits per heavy atom. The summed E-state index contributed by atoms with van der Waals surface area (Å²) in [6, 6.07) is 48.2. The van der Waals surface area contributed by atoms with Crippen molar-refractivity contribution in [2.24, 2.45) is 0 Å². The van der Waals surface area contributed by atoms with Crippen LogP contribution in [-0.4, -0.2) is 20.2 Å². The minimum atomic E-state index is 0.161. The summed E-state index contributed by atoms with van der Waals surface area (Å²) < 4.78 is 4.39. The number of hydrogen-bond donors (Lipinski definition) is 0. The molecule has 2 unspecified atom stereocenters. The van der Waals surface area contributed by atoms with Crippen LogP contribution in [0, 0.1) is 0 Å². The summed E-state index contributed by atoms with van der Waals surface area (Å²) in [5.74, 6) is 1.20. The summed E-state index contributed by atoms with van der Waals surface area (Å²) in [4.78, 5) is 2.41. The highest BCUT2D eigenvalue weighted by Gasteiger charge is 2.39. The van der Waals surface area contributed by atoms with E-state index in [0.717, 1.165) is 11.3 Å². The van der Waals surface area contributed by atoms with Crippen LogP contribution in [0.1, 0.15) is 17.0 Å². The molecule has 0 N–H and O–H groups in total. The van der Waals surface area contributed by atoms with Crippen LogP contribution in [0.25, 0.3) is 49.4 Å². The first-order valence-electron chi connectivity index (χ1n) is 15.6. The third kappa shape index (κ3) is 3.63. The molecule has 212 valence electrons. The summed E-state index contributed by atoms with van der Waals surface area (Å²) in [7, 11) is 0. The number of fused-ring (bicyclic) bond motifs is 8. The standard InChI is InChI=1S/C41H28N4/c1-2-12-31(13-3-1)44-37-16-8-6-14-33(37)35-23-28(18-20-39(35)44)29-19-21-40-36(24-29)34-15-7-9-17-38(34)45(40)41-25-32-22-27-10-4-5-11-30(27)26-43(32)42-41/h1-26,36,40H. The molecule has 5 aromatic carbocycles. The second kappa shape index (κ2) is 9.31. The molecule has 3 aromatic heterocycles.